The first-order chi connectivity index (χ1) is 9.54. The molecule has 1 fully saturated rings. The molecule has 1 saturated carbocycles. The second kappa shape index (κ2) is 6.70. The van der Waals surface area contributed by atoms with Crippen molar-refractivity contribution in [3.8, 4) is 0 Å². The zero-order valence-corrected chi connectivity index (χ0v) is 12.3. The van der Waals surface area contributed by atoms with Gasteiger partial charge in [-0.25, -0.2) is 4.79 Å². The number of amides is 1. The van der Waals surface area contributed by atoms with Gasteiger partial charge in [-0.1, -0.05) is 13.3 Å². The normalized spacial score (nSPS) is 22.2. The number of rotatable bonds is 5. The lowest BCUT2D eigenvalue weighted by Crippen LogP contribution is -2.27. The monoisotopic (exact) mass is 293 g/mol. The van der Waals surface area contributed by atoms with E-state index in [2.05, 4.69) is 12.2 Å². The van der Waals surface area contributed by atoms with Crippen LogP contribution in [0.15, 0.2) is 18.2 Å². The fourth-order valence-corrected chi connectivity index (χ4v) is 3.38. The number of hydrogen-bond donors (Lipinski definition) is 2. The standard InChI is InChI=1S/C15H19NO3S/c1-10-2-3-11(8-10)9-16-15(19)13-6-4-12(20-13)5-7-14(17)18/h4-7,10-11H,2-3,8-9H2,1H3,(H,16,19)(H,17,18)/b7-5+. The molecule has 2 unspecified atom stereocenters. The van der Waals surface area contributed by atoms with E-state index in [1.807, 2.05) is 0 Å². The molecule has 1 aliphatic carbocycles. The van der Waals surface area contributed by atoms with Crippen LogP contribution in [0.3, 0.4) is 0 Å². The maximum Gasteiger partial charge on any atom is 0.328 e. The largest absolute Gasteiger partial charge is 0.478 e. The smallest absolute Gasteiger partial charge is 0.328 e. The average Bonchev–Trinajstić information content (AvgIpc) is 3.02. The lowest BCUT2D eigenvalue weighted by Gasteiger charge is -2.10. The van der Waals surface area contributed by atoms with Crippen molar-refractivity contribution in [3.63, 3.8) is 0 Å². The molecule has 2 rings (SSSR count). The molecule has 2 atom stereocenters. The zero-order chi connectivity index (χ0) is 14.5. The van der Waals surface area contributed by atoms with Crippen LogP contribution in [0.1, 0.15) is 40.7 Å². The summed E-state index contributed by atoms with van der Waals surface area (Å²) >= 11 is 1.30. The predicted octanol–water partition coefficient (Wildman–Crippen LogP) is 3.01. The molecule has 4 nitrogen and oxygen atoms in total. The SMILES string of the molecule is CC1CCC(CNC(=O)c2ccc(/C=C/C(=O)O)s2)C1. The zero-order valence-electron chi connectivity index (χ0n) is 11.5. The van der Waals surface area contributed by atoms with E-state index in [9.17, 15) is 9.59 Å². The highest BCUT2D eigenvalue weighted by Gasteiger charge is 2.21. The summed E-state index contributed by atoms with van der Waals surface area (Å²) in [6, 6.07) is 3.50. The van der Waals surface area contributed by atoms with Crippen LogP contribution in [-0.4, -0.2) is 23.5 Å². The van der Waals surface area contributed by atoms with Crippen molar-refractivity contribution < 1.29 is 14.7 Å². The topological polar surface area (TPSA) is 66.4 Å². The van der Waals surface area contributed by atoms with Gasteiger partial charge in [-0.05, 0) is 42.9 Å². The number of carbonyl (C=O) groups is 2. The van der Waals surface area contributed by atoms with Crippen LogP contribution in [0.2, 0.25) is 0 Å². The van der Waals surface area contributed by atoms with Gasteiger partial charge in [-0.2, -0.15) is 0 Å². The number of thiophene rings is 1. The van der Waals surface area contributed by atoms with Crippen molar-refractivity contribution in [2.75, 3.05) is 6.54 Å². The van der Waals surface area contributed by atoms with Crippen molar-refractivity contribution >= 4 is 29.3 Å². The molecule has 1 aromatic rings. The number of aliphatic carboxylic acids is 1. The Morgan fingerprint density at radius 3 is 2.90 bits per heavy atom. The highest BCUT2D eigenvalue weighted by atomic mass is 32.1. The second-order valence-electron chi connectivity index (χ2n) is 5.37. The Morgan fingerprint density at radius 1 is 1.45 bits per heavy atom. The molecule has 1 aliphatic rings. The fourth-order valence-electron chi connectivity index (χ4n) is 2.55. The van der Waals surface area contributed by atoms with Crippen molar-refractivity contribution in [2.45, 2.75) is 26.2 Å². The summed E-state index contributed by atoms with van der Waals surface area (Å²) in [5.41, 5.74) is 0. The summed E-state index contributed by atoms with van der Waals surface area (Å²) in [6.45, 7) is 2.99. The van der Waals surface area contributed by atoms with Crippen LogP contribution >= 0.6 is 11.3 Å². The molecule has 5 heteroatoms. The third kappa shape index (κ3) is 4.20. The van der Waals surface area contributed by atoms with Crippen molar-refractivity contribution in [1.29, 1.82) is 0 Å². The van der Waals surface area contributed by atoms with Crippen molar-refractivity contribution in [1.82, 2.24) is 5.32 Å². The minimum Gasteiger partial charge on any atom is -0.478 e. The molecule has 108 valence electrons. The van der Waals surface area contributed by atoms with Gasteiger partial charge >= 0.3 is 5.97 Å². The molecule has 2 N–H and O–H groups in total. The molecule has 1 heterocycles. The van der Waals surface area contributed by atoms with E-state index in [4.69, 9.17) is 5.11 Å². The minimum absolute atomic E-state index is 0.0653. The molecule has 1 amide bonds. The molecule has 0 bridgehead atoms. The molecule has 0 saturated heterocycles. The predicted molar refractivity (Wildman–Crippen MR) is 79.8 cm³/mol. The Hall–Kier alpha value is -1.62. The molecular formula is C15H19NO3S. The summed E-state index contributed by atoms with van der Waals surface area (Å²) in [5.74, 6) is 0.316. The van der Waals surface area contributed by atoms with Crippen LogP contribution in [0.25, 0.3) is 6.08 Å². The van der Waals surface area contributed by atoms with Gasteiger partial charge in [0.15, 0.2) is 0 Å². The molecule has 0 aromatic carbocycles. The maximum absolute atomic E-state index is 12.0. The van der Waals surface area contributed by atoms with Gasteiger partial charge in [0.25, 0.3) is 5.91 Å². The van der Waals surface area contributed by atoms with Gasteiger partial charge in [-0.3, -0.25) is 4.79 Å². The van der Waals surface area contributed by atoms with Crippen LogP contribution < -0.4 is 5.32 Å². The van der Waals surface area contributed by atoms with Crippen LogP contribution in [0.4, 0.5) is 0 Å². The van der Waals surface area contributed by atoms with Gasteiger partial charge in [0, 0.05) is 17.5 Å². The van der Waals surface area contributed by atoms with E-state index in [1.54, 1.807) is 12.1 Å². The van der Waals surface area contributed by atoms with E-state index in [0.29, 0.717) is 10.8 Å². The first kappa shape index (κ1) is 14.8. The quantitative estimate of drug-likeness (QED) is 0.820. The van der Waals surface area contributed by atoms with Gasteiger partial charge in [-0.15, -0.1) is 11.3 Å². The van der Waals surface area contributed by atoms with Crippen LogP contribution in [0, 0.1) is 11.8 Å². The van der Waals surface area contributed by atoms with Crippen LogP contribution in [-0.2, 0) is 4.79 Å². The highest BCUT2D eigenvalue weighted by Crippen LogP contribution is 2.29. The number of carboxylic acid groups (broad SMARTS) is 1. The maximum atomic E-state index is 12.0. The van der Waals surface area contributed by atoms with Gasteiger partial charge in [0.2, 0.25) is 0 Å². The molecule has 0 aliphatic heterocycles. The molecule has 1 aromatic heterocycles. The number of nitrogens with one attached hydrogen (secondary N) is 1. The molecule has 0 radical (unpaired) electrons. The minimum atomic E-state index is -0.986. The Labute approximate surface area is 122 Å². The second-order valence-corrected chi connectivity index (χ2v) is 6.48. The number of carboxylic acids is 1. The Kier molecular flexibility index (Phi) is 4.95. The third-order valence-corrected chi connectivity index (χ3v) is 4.64. The summed E-state index contributed by atoms with van der Waals surface area (Å²) in [4.78, 5) is 23.8. The van der Waals surface area contributed by atoms with Crippen molar-refractivity contribution in [3.05, 3.63) is 28.0 Å². The molecule has 0 spiro atoms. The van der Waals surface area contributed by atoms with E-state index < -0.39 is 5.97 Å². The van der Waals surface area contributed by atoms with Crippen LogP contribution in [0.5, 0.6) is 0 Å². The van der Waals surface area contributed by atoms with E-state index in [-0.39, 0.29) is 5.91 Å². The lowest BCUT2D eigenvalue weighted by atomic mass is 10.1. The van der Waals surface area contributed by atoms with Gasteiger partial charge < -0.3 is 10.4 Å². The summed E-state index contributed by atoms with van der Waals surface area (Å²) in [6.07, 6.45) is 6.22. The Bertz CT molecular complexity index is 521. The first-order valence-electron chi connectivity index (χ1n) is 6.83. The lowest BCUT2D eigenvalue weighted by molar-refractivity contribution is -0.131. The van der Waals surface area contributed by atoms with Gasteiger partial charge in [0.1, 0.15) is 0 Å². The van der Waals surface area contributed by atoms with E-state index in [1.165, 1.54) is 36.7 Å². The highest BCUT2D eigenvalue weighted by molar-refractivity contribution is 7.14. The summed E-state index contributed by atoms with van der Waals surface area (Å²) < 4.78 is 0. The molecule has 20 heavy (non-hydrogen) atoms. The van der Waals surface area contributed by atoms with Gasteiger partial charge in [0.05, 0.1) is 4.88 Å². The third-order valence-electron chi connectivity index (χ3n) is 3.60. The van der Waals surface area contributed by atoms with Crippen molar-refractivity contribution in [2.24, 2.45) is 11.8 Å². The first-order valence-corrected chi connectivity index (χ1v) is 7.65. The fraction of sp³-hybridized carbons (Fsp3) is 0.467. The Balaban J connectivity index is 1.85. The van der Waals surface area contributed by atoms with E-state index >= 15 is 0 Å². The Morgan fingerprint density at radius 2 is 2.25 bits per heavy atom. The average molecular weight is 293 g/mol. The molecular weight excluding hydrogens is 274 g/mol. The number of carbonyl (C=O) groups excluding carboxylic acids is 1. The number of hydrogen-bond acceptors (Lipinski definition) is 3. The summed E-state index contributed by atoms with van der Waals surface area (Å²) in [5, 5.41) is 11.5. The van der Waals surface area contributed by atoms with E-state index in [0.717, 1.165) is 23.4 Å². The summed E-state index contributed by atoms with van der Waals surface area (Å²) in [7, 11) is 0.